The monoisotopic (exact) mass is 484 g/mol. The van der Waals surface area contributed by atoms with Gasteiger partial charge in [-0.3, -0.25) is 9.69 Å². The molecule has 2 aliphatic rings. The average molecular weight is 484 g/mol. The number of halogens is 5. The minimum Gasteiger partial charge on any atom is -0.406 e. The minimum absolute atomic E-state index is 0.0454. The molecular weight excluding hydrogens is 463 g/mol. The number of hydrogen-bond acceptors (Lipinski definition) is 6. The van der Waals surface area contributed by atoms with Gasteiger partial charge in [-0.05, 0) is 30.3 Å². The molecule has 0 radical (unpaired) electrons. The van der Waals surface area contributed by atoms with E-state index in [0.717, 1.165) is 12.1 Å². The fourth-order valence-corrected chi connectivity index (χ4v) is 3.72. The number of ether oxygens (including phenoxy) is 1. The molecular formula is C22H21F5N4O3. The highest BCUT2D eigenvalue weighted by Crippen LogP contribution is 2.31. The maximum Gasteiger partial charge on any atom is 0.573 e. The fraction of sp³-hybridized carbons (Fsp3) is 0.364. The summed E-state index contributed by atoms with van der Waals surface area (Å²) in [6.45, 7) is 1.07. The summed E-state index contributed by atoms with van der Waals surface area (Å²) < 4.78 is 67.4. The molecule has 0 unspecified atom stereocenters. The van der Waals surface area contributed by atoms with Gasteiger partial charge in [0.25, 0.3) is 0 Å². The van der Waals surface area contributed by atoms with Crippen molar-refractivity contribution >= 4 is 11.7 Å². The van der Waals surface area contributed by atoms with Gasteiger partial charge in [0.15, 0.2) is 11.6 Å². The van der Waals surface area contributed by atoms with Gasteiger partial charge in [0.05, 0.1) is 6.54 Å². The smallest absolute Gasteiger partial charge is 0.406 e. The second kappa shape index (κ2) is 9.55. The van der Waals surface area contributed by atoms with Crippen molar-refractivity contribution in [3.8, 4) is 5.75 Å². The van der Waals surface area contributed by atoms with E-state index in [1.165, 1.54) is 30.3 Å². The summed E-state index contributed by atoms with van der Waals surface area (Å²) in [4.78, 5) is 24.4. The van der Waals surface area contributed by atoms with Crippen LogP contribution >= 0.6 is 0 Å². The standard InChI is InChI=1S/C22H21F5N4O3/c23-16-4-1-15(18(24)11-16)12-28-19(32)13-31-9-7-21(8-10-31)29-20(30-34-21)14-2-5-17(6-3-14)33-22(25,26)27/h1-6,11H,7-10,12-13H2,(H,28,32)(H,29,30). The van der Waals surface area contributed by atoms with Crippen LogP contribution in [0.15, 0.2) is 47.5 Å². The van der Waals surface area contributed by atoms with Crippen molar-refractivity contribution in [3.05, 3.63) is 65.2 Å². The normalized spacial score (nSPS) is 17.9. The third kappa shape index (κ3) is 6.00. The van der Waals surface area contributed by atoms with Crippen molar-refractivity contribution in [3.63, 3.8) is 0 Å². The topological polar surface area (TPSA) is 75.2 Å². The van der Waals surface area contributed by atoms with Crippen LogP contribution in [0.2, 0.25) is 0 Å². The van der Waals surface area contributed by atoms with E-state index in [2.05, 4.69) is 20.5 Å². The molecule has 2 aliphatic heterocycles. The first-order valence-corrected chi connectivity index (χ1v) is 10.4. The molecule has 1 fully saturated rings. The third-order valence-corrected chi connectivity index (χ3v) is 5.51. The number of piperidine rings is 1. The Hall–Kier alpha value is -3.25. The van der Waals surface area contributed by atoms with E-state index >= 15 is 0 Å². The van der Waals surface area contributed by atoms with Crippen molar-refractivity contribution in [1.29, 1.82) is 0 Å². The Morgan fingerprint density at radius 1 is 1.15 bits per heavy atom. The van der Waals surface area contributed by atoms with Gasteiger partial charge in [-0.1, -0.05) is 6.07 Å². The number of amidine groups is 1. The van der Waals surface area contributed by atoms with Gasteiger partial charge in [-0.15, -0.1) is 13.2 Å². The number of likely N-dealkylation sites (tertiary alicyclic amines) is 1. The number of alkyl halides is 3. The summed E-state index contributed by atoms with van der Waals surface area (Å²) in [6.07, 6.45) is -3.79. The molecule has 34 heavy (non-hydrogen) atoms. The second-order valence-corrected chi connectivity index (χ2v) is 7.97. The number of nitrogens with zero attached hydrogens (tertiary/aromatic N) is 2. The molecule has 2 heterocycles. The van der Waals surface area contributed by atoms with Crippen LogP contribution in [0.1, 0.15) is 24.0 Å². The molecule has 1 spiro atoms. The highest BCUT2D eigenvalue weighted by atomic mass is 19.4. The lowest BCUT2D eigenvalue weighted by Gasteiger charge is -2.35. The number of aliphatic imine (C=N–C) groups is 1. The van der Waals surface area contributed by atoms with Gasteiger partial charge >= 0.3 is 6.36 Å². The molecule has 2 N–H and O–H groups in total. The number of hydroxylamine groups is 1. The number of carbonyl (C=O) groups excluding carboxylic acids is 1. The molecule has 7 nitrogen and oxygen atoms in total. The van der Waals surface area contributed by atoms with E-state index in [4.69, 9.17) is 4.84 Å². The molecule has 2 aromatic rings. The van der Waals surface area contributed by atoms with Crippen LogP contribution in [0.25, 0.3) is 0 Å². The van der Waals surface area contributed by atoms with Gasteiger partial charge in [-0.2, -0.15) is 0 Å². The Balaban J connectivity index is 1.27. The number of carbonyl (C=O) groups is 1. The van der Waals surface area contributed by atoms with Crippen molar-refractivity contribution in [1.82, 2.24) is 15.7 Å². The Kier molecular flexibility index (Phi) is 6.71. The molecule has 1 saturated heterocycles. The van der Waals surface area contributed by atoms with Crippen LogP contribution in [0.4, 0.5) is 22.0 Å². The molecule has 0 aliphatic carbocycles. The first-order valence-electron chi connectivity index (χ1n) is 10.4. The summed E-state index contributed by atoms with van der Waals surface area (Å²) in [5, 5.41) is 2.62. The summed E-state index contributed by atoms with van der Waals surface area (Å²) in [6, 6.07) is 8.45. The molecule has 0 bridgehead atoms. The first kappa shape index (κ1) is 23.9. The van der Waals surface area contributed by atoms with Gasteiger partial charge < -0.3 is 10.1 Å². The van der Waals surface area contributed by atoms with Crippen molar-refractivity contribution < 1.29 is 36.3 Å². The molecule has 2 aromatic carbocycles. The number of nitrogens with one attached hydrogen (secondary N) is 2. The predicted octanol–water partition coefficient (Wildman–Crippen LogP) is 3.25. The molecule has 0 aromatic heterocycles. The molecule has 0 atom stereocenters. The molecule has 0 saturated carbocycles. The van der Waals surface area contributed by atoms with E-state index in [1.54, 1.807) is 0 Å². The van der Waals surface area contributed by atoms with E-state index in [0.29, 0.717) is 37.3 Å². The Morgan fingerprint density at radius 3 is 2.50 bits per heavy atom. The summed E-state index contributed by atoms with van der Waals surface area (Å²) in [5.74, 6) is -1.64. The van der Waals surface area contributed by atoms with Crippen LogP contribution in [-0.4, -0.2) is 48.4 Å². The Bertz CT molecular complexity index is 1070. The van der Waals surface area contributed by atoms with Gasteiger partial charge in [0.2, 0.25) is 5.91 Å². The third-order valence-electron chi connectivity index (χ3n) is 5.51. The lowest BCUT2D eigenvalue weighted by molar-refractivity contribution is -0.274. The van der Waals surface area contributed by atoms with Crippen LogP contribution in [-0.2, 0) is 16.2 Å². The number of amides is 1. The zero-order valence-electron chi connectivity index (χ0n) is 17.8. The molecule has 1 amide bonds. The SMILES string of the molecule is O=C(CN1CCC2(CC1)N=C(c1ccc(OC(F)(F)F)cc1)NO2)NCc1ccc(F)cc1F. The fourth-order valence-electron chi connectivity index (χ4n) is 3.72. The van der Waals surface area contributed by atoms with E-state index in [9.17, 15) is 26.7 Å². The zero-order valence-corrected chi connectivity index (χ0v) is 17.8. The Morgan fingerprint density at radius 2 is 1.85 bits per heavy atom. The molecule has 182 valence electrons. The van der Waals surface area contributed by atoms with Crippen molar-refractivity contribution in [2.75, 3.05) is 19.6 Å². The number of benzene rings is 2. The largest absolute Gasteiger partial charge is 0.573 e. The highest BCUT2D eigenvalue weighted by Gasteiger charge is 2.40. The van der Waals surface area contributed by atoms with Crippen LogP contribution < -0.4 is 15.5 Å². The quantitative estimate of drug-likeness (QED) is 0.616. The number of hydrogen-bond donors (Lipinski definition) is 2. The van der Waals surface area contributed by atoms with Gasteiger partial charge in [-0.25, -0.2) is 24.1 Å². The van der Waals surface area contributed by atoms with Gasteiger partial charge in [0.1, 0.15) is 17.4 Å². The maximum atomic E-state index is 13.7. The highest BCUT2D eigenvalue weighted by molar-refractivity contribution is 5.99. The van der Waals surface area contributed by atoms with Crippen LogP contribution in [0, 0.1) is 11.6 Å². The van der Waals surface area contributed by atoms with Crippen LogP contribution in [0.3, 0.4) is 0 Å². The summed E-state index contributed by atoms with van der Waals surface area (Å²) >= 11 is 0. The zero-order chi connectivity index (χ0) is 24.3. The van der Waals surface area contributed by atoms with E-state index in [-0.39, 0.29) is 30.3 Å². The lowest BCUT2D eigenvalue weighted by Crippen LogP contribution is -2.47. The first-order chi connectivity index (χ1) is 16.1. The predicted molar refractivity (Wildman–Crippen MR) is 110 cm³/mol. The molecule has 4 rings (SSSR count). The van der Waals surface area contributed by atoms with E-state index < -0.39 is 23.7 Å². The Labute approximate surface area is 191 Å². The van der Waals surface area contributed by atoms with Crippen LogP contribution in [0.5, 0.6) is 5.75 Å². The maximum absolute atomic E-state index is 13.7. The molecule has 12 heteroatoms. The second-order valence-electron chi connectivity index (χ2n) is 7.97. The summed E-state index contributed by atoms with van der Waals surface area (Å²) in [5.41, 5.74) is 2.63. The summed E-state index contributed by atoms with van der Waals surface area (Å²) in [7, 11) is 0. The number of rotatable bonds is 6. The average Bonchev–Trinajstić information content (AvgIpc) is 3.18. The van der Waals surface area contributed by atoms with Crippen molar-refractivity contribution in [2.24, 2.45) is 4.99 Å². The van der Waals surface area contributed by atoms with Crippen molar-refractivity contribution in [2.45, 2.75) is 31.5 Å². The van der Waals surface area contributed by atoms with E-state index in [1.807, 2.05) is 4.90 Å². The minimum atomic E-state index is -4.76. The van der Waals surface area contributed by atoms with Gasteiger partial charge in [0, 0.05) is 49.7 Å². The lowest BCUT2D eigenvalue weighted by atomic mass is 10.0.